The number of likely N-dealkylation sites (tertiary alicyclic amines) is 1. The van der Waals surface area contributed by atoms with Crippen LogP contribution in [0.3, 0.4) is 0 Å². The predicted octanol–water partition coefficient (Wildman–Crippen LogP) is 4.04. The van der Waals surface area contributed by atoms with Gasteiger partial charge >= 0.3 is 6.18 Å². The topological polar surface area (TPSA) is 50.8 Å². The van der Waals surface area contributed by atoms with E-state index in [9.17, 15) is 22.4 Å². The first-order valence-corrected chi connectivity index (χ1v) is 10.3. The van der Waals surface area contributed by atoms with Crippen LogP contribution in [0.25, 0.3) is 0 Å². The van der Waals surface area contributed by atoms with Crippen molar-refractivity contribution in [2.45, 2.75) is 63.4 Å². The van der Waals surface area contributed by atoms with Crippen molar-refractivity contribution >= 4 is 5.91 Å². The van der Waals surface area contributed by atoms with Gasteiger partial charge in [-0.25, -0.2) is 4.39 Å². The molecule has 1 saturated heterocycles. The molecule has 168 valence electrons. The highest BCUT2D eigenvalue weighted by atomic mass is 19.4. The Morgan fingerprint density at radius 1 is 1.17 bits per heavy atom. The van der Waals surface area contributed by atoms with E-state index in [0.717, 1.165) is 19.4 Å². The van der Waals surface area contributed by atoms with Crippen molar-refractivity contribution in [2.75, 3.05) is 20.7 Å². The zero-order valence-electron chi connectivity index (χ0n) is 17.2. The van der Waals surface area contributed by atoms with Gasteiger partial charge in [-0.05, 0) is 58.2 Å². The molecule has 2 aliphatic rings. The van der Waals surface area contributed by atoms with Gasteiger partial charge in [0.05, 0.1) is 25.2 Å². The van der Waals surface area contributed by atoms with Crippen LogP contribution in [0, 0.1) is 11.7 Å². The standard InChI is InChI=1S/C21H28F4N2O3/c1-27-9-3-4-17(27)20(28)26-12-13-10-16(22)19(11-18(13)29-2)30-15-7-5-14(6-8-15)21(23,24)25/h10-11,14-15,17H,3-9,12H2,1-2H3,(H,26,28)/t14-,15-,17-/m0/s1. The first-order chi connectivity index (χ1) is 14.2. The molecule has 0 spiro atoms. The van der Waals surface area contributed by atoms with Crippen molar-refractivity contribution in [3.63, 3.8) is 0 Å². The number of likely N-dealkylation sites (N-methyl/N-ethyl adjacent to an activating group) is 1. The second-order valence-corrected chi connectivity index (χ2v) is 8.08. The van der Waals surface area contributed by atoms with Crippen LogP contribution in [0.15, 0.2) is 12.1 Å². The maximum absolute atomic E-state index is 14.6. The van der Waals surface area contributed by atoms with Gasteiger partial charge in [-0.3, -0.25) is 9.69 Å². The molecule has 0 bridgehead atoms. The molecule has 1 aromatic rings. The highest BCUT2D eigenvalue weighted by Crippen LogP contribution is 2.39. The number of alkyl halides is 3. The molecule has 1 heterocycles. The van der Waals surface area contributed by atoms with Gasteiger partial charge < -0.3 is 14.8 Å². The number of nitrogens with zero attached hydrogens (tertiary/aromatic N) is 1. The summed E-state index contributed by atoms with van der Waals surface area (Å²) in [5.74, 6) is -1.75. The maximum Gasteiger partial charge on any atom is 0.391 e. The van der Waals surface area contributed by atoms with E-state index < -0.39 is 24.0 Å². The molecule has 1 saturated carbocycles. The van der Waals surface area contributed by atoms with E-state index in [2.05, 4.69) is 5.32 Å². The number of hydrogen-bond donors (Lipinski definition) is 1. The normalized spacial score (nSPS) is 25.2. The molecular formula is C21H28F4N2O3. The van der Waals surface area contributed by atoms with Crippen molar-refractivity contribution in [3.05, 3.63) is 23.5 Å². The molecule has 0 unspecified atom stereocenters. The predicted molar refractivity (Wildman–Crippen MR) is 103 cm³/mol. The van der Waals surface area contributed by atoms with E-state index in [4.69, 9.17) is 9.47 Å². The van der Waals surface area contributed by atoms with Crippen LogP contribution in [-0.4, -0.2) is 49.8 Å². The Morgan fingerprint density at radius 2 is 1.87 bits per heavy atom. The van der Waals surface area contributed by atoms with Crippen LogP contribution >= 0.6 is 0 Å². The molecule has 1 amide bonds. The van der Waals surface area contributed by atoms with Crippen molar-refractivity contribution in [2.24, 2.45) is 5.92 Å². The van der Waals surface area contributed by atoms with Crippen molar-refractivity contribution in [1.82, 2.24) is 10.2 Å². The van der Waals surface area contributed by atoms with Crippen LogP contribution in [0.4, 0.5) is 17.6 Å². The summed E-state index contributed by atoms with van der Waals surface area (Å²) < 4.78 is 64.0. The summed E-state index contributed by atoms with van der Waals surface area (Å²) in [6.07, 6.45) is -2.51. The van der Waals surface area contributed by atoms with Gasteiger partial charge in [0, 0.05) is 18.2 Å². The Kier molecular flexibility index (Phi) is 7.10. The van der Waals surface area contributed by atoms with Crippen LogP contribution in [0.1, 0.15) is 44.1 Å². The minimum absolute atomic E-state index is 0.0212. The Bertz CT molecular complexity index is 749. The van der Waals surface area contributed by atoms with Gasteiger partial charge in [-0.1, -0.05) is 0 Å². The molecule has 5 nitrogen and oxygen atoms in total. The number of ether oxygens (including phenoxy) is 2. The van der Waals surface area contributed by atoms with E-state index in [0.29, 0.717) is 11.3 Å². The van der Waals surface area contributed by atoms with Crippen LogP contribution < -0.4 is 14.8 Å². The van der Waals surface area contributed by atoms with Crippen LogP contribution in [-0.2, 0) is 11.3 Å². The molecular weight excluding hydrogens is 404 g/mol. The molecule has 3 rings (SSSR count). The lowest BCUT2D eigenvalue weighted by molar-refractivity contribution is -0.185. The smallest absolute Gasteiger partial charge is 0.391 e. The highest BCUT2D eigenvalue weighted by Gasteiger charge is 2.42. The SMILES string of the molecule is COc1cc(O[C@H]2CC[C@H](C(F)(F)F)CC2)c(F)cc1CNC(=O)[C@@H]1CCCN1C. The molecule has 1 atom stereocenters. The second kappa shape index (κ2) is 9.41. The summed E-state index contributed by atoms with van der Waals surface area (Å²) in [5.41, 5.74) is 0.470. The number of methoxy groups -OCH3 is 1. The fourth-order valence-corrected chi connectivity index (χ4v) is 4.22. The zero-order chi connectivity index (χ0) is 21.9. The summed E-state index contributed by atoms with van der Waals surface area (Å²) >= 11 is 0. The van der Waals surface area contributed by atoms with Gasteiger partial charge in [0.2, 0.25) is 5.91 Å². The molecule has 1 aliphatic carbocycles. The van der Waals surface area contributed by atoms with Crippen molar-refractivity contribution in [3.8, 4) is 11.5 Å². The molecule has 30 heavy (non-hydrogen) atoms. The van der Waals surface area contributed by atoms with E-state index >= 15 is 0 Å². The molecule has 9 heteroatoms. The molecule has 0 aromatic heterocycles. The first kappa shape index (κ1) is 22.7. The Hall–Kier alpha value is -2.03. The fourth-order valence-electron chi connectivity index (χ4n) is 4.22. The summed E-state index contributed by atoms with van der Waals surface area (Å²) in [6.45, 7) is 0.979. The number of nitrogens with one attached hydrogen (secondary N) is 1. The first-order valence-electron chi connectivity index (χ1n) is 10.3. The quantitative estimate of drug-likeness (QED) is 0.690. The third kappa shape index (κ3) is 5.36. The summed E-state index contributed by atoms with van der Waals surface area (Å²) in [7, 11) is 3.33. The summed E-state index contributed by atoms with van der Waals surface area (Å²) in [5, 5.41) is 2.82. The van der Waals surface area contributed by atoms with Gasteiger partial charge in [0.25, 0.3) is 0 Å². The lowest BCUT2D eigenvalue weighted by atomic mass is 9.87. The second-order valence-electron chi connectivity index (χ2n) is 8.08. The minimum atomic E-state index is -4.20. The molecule has 2 fully saturated rings. The van der Waals surface area contributed by atoms with E-state index in [-0.39, 0.29) is 49.9 Å². The highest BCUT2D eigenvalue weighted by molar-refractivity contribution is 5.82. The molecule has 0 radical (unpaired) electrons. The van der Waals surface area contributed by atoms with Crippen LogP contribution in [0.5, 0.6) is 11.5 Å². The third-order valence-corrected chi connectivity index (χ3v) is 6.04. The van der Waals surface area contributed by atoms with E-state index in [1.807, 2.05) is 11.9 Å². The lowest BCUT2D eigenvalue weighted by Gasteiger charge is -2.30. The van der Waals surface area contributed by atoms with Crippen molar-refractivity contribution in [1.29, 1.82) is 0 Å². The average Bonchev–Trinajstić information content (AvgIpc) is 3.13. The maximum atomic E-state index is 14.6. The van der Waals surface area contributed by atoms with Gasteiger partial charge in [-0.15, -0.1) is 0 Å². The zero-order valence-corrected chi connectivity index (χ0v) is 17.2. The number of carbonyl (C=O) groups is 1. The number of rotatable bonds is 6. The molecule has 1 N–H and O–H groups in total. The Morgan fingerprint density at radius 3 is 2.43 bits per heavy atom. The van der Waals surface area contributed by atoms with Gasteiger partial charge in [0.1, 0.15) is 5.75 Å². The summed E-state index contributed by atoms with van der Waals surface area (Å²) in [4.78, 5) is 14.3. The van der Waals surface area contributed by atoms with Gasteiger partial charge in [-0.2, -0.15) is 13.2 Å². The summed E-state index contributed by atoms with van der Waals surface area (Å²) in [6, 6.07) is 2.46. The van der Waals surface area contributed by atoms with Crippen molar-refractivity contribution < 1.29 is 31.8 Å². The number of hydrogen-bond acceptors (Lipinski definition) is 4. The third-order valence-electron chi connectivity index (χ3n) is 6.04. The van der Waals surface area contributed by atoms with Gasteiger partial charge in [0.15, 0.2) is 11.6 Å². The monoisotopic (exact) mass is 432 g/mol. The fraction of sp³-hybridized carbons (Fsp3) is 0.667. The number of amides is 1. The largest absolute Gasteiger partial charge is 0.496 e. The Balaban J connectivity index is 1.61. The average molecular weight is 432 g/mol. The van der Waals surface area contributed by atoms with Crippen LogP contribution in [0.2, 0.25) is 0 Å². The molecule has 1 aromatic carbocycles. The lowest BCUT2D eigenvalue weighted by Crippen LogP contribution is -2.41. The molecule has 1 aliphatic heterocycles. The number of benzene rings is 1. The number of halogens is 4. The minimum Gasteiger partial charge on any atom is -0.496 e. The number of carbonyl (C=O) groups excluding carboxylic acids is 1. The van der Waals surface area contributed by atoms with E-state index in [1.54, 1.807) is 0 Å². The van der Waals surface area contributed by atoms with E-state index in [1.165, 1.54) is 19.2 Å². The Labute approximate surface area is 173 Å².